The molecule has 0 radical (unpaired) electrons. The highest BCUT2D eigenvalue weighted by atomic mass is 32.2. The van der Waals surface area contributed by atoms with E-state index >= 15 is 0 Å². The molecule has 0 amide bonds. The molecule has 1 atom stereocenters. The lowest BCUT2D eigenvalue weighted by atomic mass is 10.2. The second-order valence-corrected chi connectivity index (χ2v) is 5.29. The molecule has 0 bridgehead atoms. The first-order valence-electron chi connectivity index (χ1n) is 5.92. The van der Waals surface area contributed by atoms with Crippen LogP contribution in [-0.2, 0) is 11.3 Å². The maximum atomic E-state index is 5.62. The molecule has 2 rings (SSSR count). The van der Waals surface area contributed by atoms with Gasteiger partial charge in [0.2, 0.25) is 0 Å². The predicted molar refractivity (Wildman–Crippen MR) is 68.6 cm³/mol. The van der Waals surface area contributed by atoms with E-state index in [-0.39, 0.29) is 0 Å². The minimum atomic E-state index is 0.505. The van der Waals surface area contributed by atoms with E-state index in [0.717, 1.165) is 18.8 Å². The zero-order valence-corrected chi connectivity index (χ0v) is 10.3. The fraction of sp³-hybridized carbons (Fsp3) is 0.538. The minimum Gasteiger partial charge on any atom is -0.378 e. The van der Waals surface area contributed by atoms with Crippen molar-refractivity contribution >= 4 is 11.8 Å². The van der Waals surface area contributed by atoms with Crippen LogP contribution in [0.5, 0.6) is 0 Å². The van der Waals surface area contributed by atoms with E-state index in [2.05, 4.69) is 24.3 Å². The molecule has 3 heteroatoms. The van der Waals surface area contributed by atoms with Crippen molar-refractivity contribution in [3.05, 3.63) is 29.8 Å². The van der Waals surface area contributed by atoms with Crippen LogP contribution in [0.25, 0.3) is 0 Å². The molecule has 2 N–H and O–H groups in total. The van der Waals surface area contributed by atoms with Crippen molar-refractivity contribution in [1.82, 2.24) is 0 Å². The highest BCUT2D eigenvalue weighted by Crippen LogP contribution is 2.23. The third-order valence-electron chi connectivity index (χ3n) is 2.87. The highest BCUT2D eigenvalue weighted by molar-refractivity contribution is 7.99. The molecule has 1 saturated heterocycles. The average Bonchev–Trinajstić information content (AvgIpc) is 2.82. The van der Waals surface area contributed by atoms with Gasteiger partial charge in [0, 0.05) is 23.8 Å². The van der Waals surface area contributed by atoms with Gasteiger partial charge in [-0.25, -0.2) is 0 Å². The van der Waals surface area contributed by atoms with Crippen molar-refractivity contribution in [2.75, 3.05) is 12.4 Å². The molecule has 0 aliphatic carbocycles. The van der Waals surface area contributed by atoms with Crippen molar-refractivity contribution in [3.8, 4) is 0 Å². The Kier molecular flexibility index (Phi) is 4.69. The summed E-state index contributed by atoms with van der Waals surface area (Å²) >= 11 is 1.90. The van der Waals surface area contributed by atoms with Gasteiger partial charge in [-0.05, 0) is 37.0 Å². The first-order valence-corrected chi connectivity index (χ1v) is 6.90. The van der Waals surface area contributed by atoms with Crippen molar-refractivity contribution in [1.29, 1.82) is 0 Å². The van der Waals surface area contributed by atoms with E-state index in [1.807, 2.05) is 11.8 Å². The minimum absolute atomic E-state index is 0.505. The Bertz CT molecular complexity index is 323. The molecular formula is C13H19NOS. The molecule has 1 aromatic carbocycles. The summed E-state index contributed by atoms with van der Waals surface area (Å²) in [5.41, 5.74) is 6.83. The topological polar surface area (TPSA) is 35.2 Å². The fourth-order valence-corrected chi connectivity index (χ4v) is 2.97. The van der Waals surface area contributed by atoms with Gasteiger partial charge in [-0.15, -0.1) is 11.8 Å². The molecule has 1 aromatic rings. The van der Waals surface area contributed by atoms with Crippen LogP contribution >= 0.6 is 11.8 Å². The Hall–Kier alpha value is -0.510. The van der Waals surface area contributed by atoms with Crippen molar-refractivity contribution in [3.63, 3.8) is 0 Å². The molecule has 1 heterocycles. The third kappa shape index (κ3) is 3.51. The maximum absolute atomic E-state index is 5.62. The number of hydrogen-bond acceptors (Lipinski definition) is 3. The molecular weight excluding hydrogens is 218 g/mol. The van der Waals surface area contributed by atoms with E-state index in [0.29, 0.717) is 12.6 Å². The van der Waals surface area contributed by atoms with Crippen molar-refractivity contribution < 1.29 is 4.74 Å². The van der Waals surface area contributed by atoms with E-state index in [1.165, 1.54) is 23.3 Å². The number of hydrogen-bond donors (Lipinski definition) is 1. The molecule has 88 valence electrons. The highest BCUT2D eigenvalue weighted by Gasteiger charge is 2.14. The smallest absolute Gasteiger partial charge is 0.0584 e. The van der Waals surface area contributed by atoms with Crippen LogP contribution in [0.1, 0.15) is 24.8 Å². The van der Waals surface area contributed by atoms with Crippen LogP contribution in [0.2, 0.25) is 0 Å². The summed E-state index contributed by atoms with van der Waals surface area (Å²) < 4.78 is 5.60. The largest absolute Gasteiger partial charge is 0.378 e. The SMILES string of the molecule is NCc1cccc(SCCC2CCCO2)c1. The van der Waals surface area contributed by atoms with Gasteiger partial charge in [0.25, 0.3) is 0 Å². The van der Waals surface area contributed by atoms with Gasteiger partial charge < -0.3 is 10.5 Å². The third-order valence-corrected chi connectivity index (χ3v) is 3.89. The molecule has 0 spiro atoms. The number of benzene rings is 1. The summed E-state index contributed by atoms with van der Waals surface area (Å²) in [6, 6.07) is 8.49. The molecule has 0 saturated carbocycles. The standard InChI is InChI=1S/C13H19NOS/c14-10-11-3-1-5-13(9-11)16-8-6-12-4-2-7-15-12/h1,3,5,9,12H,2,4,6-8,10,14H2. The Morgan fingerprint density at radius 1 is 1.44 bits per heavy atom. The van der Waals surface area contributed by atoms with Crippen LogP contribution in [-0.4, -0.2) is 18.5 Å². The van der Waals surface area contributed by atoms with Crippen LogP contribution in [0.4, 0.5) is 0 Å². The monoisotopic (exact) mass is 237 g/mol. The summed E-state index contributed by atoms with van der Waals surface area (Å²) in [6.45, 7) is 1.58. The van der Waals surface area contributed by atoms with Crippen LogP contribution in [0, 0.1) is 0 Å². The summed E-state index contributed by atoms with van der Waals surface area (Å²) in [7, 11) is 0. The van der Waals surface area contributed by atoms with Crippen LogP contribution < -0.4 is 5.73 Å². The van der Waals surface area contributed by atoms with Crippen molar-refractivity contribution in [2.24, 2.45) is 5.73 Å². The van der Waals surface area contributed by atoms with Gasteiger partial charge in [-0.3, -0.25) is 0 Å². The Balaban J connectivity index is 1.75. The predicted octanol–water partition coefficient (Wildman–Crippen LogP) is 2.81. The van der Waals surface area contributed by atoms with E-state index in [1.54, 1.807) is 0 Å². The maximum Gasteiger partial charge on any atom is 0.0584 e. The van der Waals surface area contributed by atoms with Gasteiger partial charge in [-0.1, -0.05) is 12.1 Å². The number of ether oxygens (including phenoxy) is 1. The Labute approximate surface area is 102 Å². The van der Waals surface area contributed by atoms with Gasteiger partial charge in [0.1, 0.15) is 0 Å². The van der Waals surface area contributed by atoms with E-state index < -0.39 is 0 Å². The van der Waals surface area contributed by atoms with Gasteiger partial charge >= 0.3 is 0 Å². The van der Waals surface area contributed by atoms with Crippen LogP contribution in [0.15, 0.2) is 29.2 Å². The first kappa shape index (κ1) is 12.0. The second kappa shape index (κ2) is 6.28. The molecule has 1 aliphatic rings. The lowest BCUT2D eigenvalue weighted by Crippen LogP contribution is -2.05. The number of nitrogens with two attached hydrogens (primary N) is 1. The lowest BCUT2D eigenvalue weighted by molar-refractivity contribution is 0.109. The van der Waals surface area contributed by atoms with E-state index in [9.17, 15) is 0 Å². The molecule has 1 aliphatic heterocycles. The number of rotatable bonds is 5. The summed E-state index contributed by atoms with van der Waals surface area (Å²) in [4.78, 5) is 1.32. The second-order valence-electron chi connectivity index (χ2n) is 4.12. The summed E-state index contributed by atoms with van der Waals surface area (Å²) in [5, 5.41) is 0. The zero-order valence-electron chi connectivity index (χ0n) is 9.52. The average molecular weight is 237 g/mol. The Morgan fingerprint density at radius 3 is 3.12 bits per heavy atom. The molecule has 1 unspecified atom stereocenters. The van der Waals surface area contributed by atoms with E-state index in [4.69, 9.17) is 10.5 Å². The summed E-state index contributed by atoms with van der Waals surface area (Å²) in [5.74, 6) is 1.14. The molecule has 0 aromatic heterocycles. The lowest BCUT2D eigenvalue weighted by Gasteiger charge is -2.08. The van der Waals surface area contributed by atoms with Gasteiger partial charge in [0.15, 0.2) is 0 Å². The summed E-state index contributed by atoms with van der Waals surface area (Å²) in [6.07, 6.45) is 4.14. The molecule has 2 nitrogen and oxygen atoms in total. The normalized spacial score (nSPS) is 20.2. The molecule has 1 fully saturated rings. The Morgan fingerprint density at radius 2 is 2.38 bits per heavy atom. The molecule has 16 heavy (non-hydrogen) atoms. The van der Waals surface area contributed by atoms with Crippen molar-refractivity contribution in [2.45, 2.75) is 36.8 Å². The van der Waals surface area contributed by atoms with Crippen LogP contribution in [0.3, 0.4) is 0 Å². The van der Waals surface area contributed by atoms with Gasteiger partial charge in [-0.2, -0.15) is 0 Å². The number of thioether (sulfide) groups is 1. The zero-order chi connectivity index (χ0) is 11.2. The fourth-order valence-electron chi connectivity index (χ4n) is 1.94. The first-order chi connectivity index (χ1) is 7.88. The van der Waals surface area contributed by atoms with Gasteiger partial charge in [0.05, 0.1) is 6.10 Å². The quantitative estimate of drug-likeness (QED) is 0.800.